The third kappa shape index (κ3) is 15.8. The molecule has 0 heterocycles. The maximum Gasteiger partial charge on any atom is 0.0701 e. The first kappa shape index (κ1) is 17.8. The highest BCUT2D eigenvalue weighted by Crippen LogP contribution is 1.83. The van der Waals surface area contributed by atoms with Crippen LogP contribution in [0.4, 0.5) is 0 Å². The van der Waals surface area contributed by atoms with Gasteiger partial charge in [0, 0.05) is 14.6 Å². The quantitative estimate of drug-likeness (QED) is 0.430. The summed E-state index contributed by atoms with van der Waals surface area (Å²) in [6.45, 7) is 8.56. The molecule has 0 unspecified atom stereocenters. The van der Waals surface area contributed by atoms with Crippen molar-refractivity contribution in [3.8, 4) is 0 Å². The zero-order chi connectivity index (χ0) is 13.3. The van der Waals surface area contributed by atoms with E-state index in [-0.39, 0.29) is 1.43 Å². The van der Waals surface area contributed by atoms with Crippen molar-refractivity contribution in [2.45, 2.75) is 6.92 Å². The highest BCUT2D eigenvalue weighted by Gasteiger charge is 1.92. The minimum absolute atomic E-state index is 0. The molecular weight excluding hydrogens is 238 g/mol. The van der Waals surface area contributed by atoms with Crippen molar-refractivity contribution in [2.24, 2.45) is 5.73 Å². The van der Waals surface area contributed by atoms with Crippen molar-refractivity contribution in [3.05, 3.63) is 0 Å². The average Bonchev–Trinajstić information content (AvgIpc) is 2.39. The summed E-state index contributed by atoms with van der Waals surface area (Å²) in [7, 11) is 0. The van der Waals surface area contributed by atoms with E-state index in [1.54, 1.807) is 0 Å². The molecule has 0 amide bonds. The van der Waals surface area contributed by atoms with Crippen LogP contribution in [-0.2, 0) is 23.7 Å². The molecule has 0 saturated heterocycles. The lowest BCUT2D eigenvalue weighted by Crippen LogP contribution is -2.14. The Morgan fingerprint density at radius 2 is 0.944 bits per heavy atom. The van der Waals surface area contributed by atoms with Crippen LogP contribution >= 0.6 is 0 Å². The summed E-state index contributed by atoms with van der Waals surface area (Å²) in [5.41, 5.74) is 5.27. The molecule has 0 spiro atoms. The van der Waals surface area contributed by atoms with Gasteiger partial charge in [-0.05, 0) is 6.92 Å². The molecule has 0 saturated carbocycles. The van der Waals surface area contributed by atoms with E-state index in [2.05, 4.69) is 0 Å². The van der Waals surface area contributed by atoms with Crippen molar-refractivity contribution < 1.29 is 25.1 Å². The maximum absolute atomic E-state index is 5.32. The van der Waals surface area contributed by atoms with Crippen LogP contribution in [0.3, 0.4) is 0 Å². The zero-order valence-corrected chi connectivity index (χ0v) is 11.4. The third-order valence-corrected chi connectivity index (χ3v) is 1.95. The summed E-state index contributed by atoms with van der Waals surface area (Å²) in [4.78, 5) is 0. The normalized spacial score (nSPS) is 11.0. The summed E-state index contributed by atoms with van der Waals surface area (Å²) in [5.74, 6) is 0. The lowest BCUT2D eigenvalue weighted by molar-refractivity contribution is -0.00967. The van der Waals surface area contributed by atoms with Crippen molar-refractivity contribution in [3.63, 3.8) is 0 Å². The second kappa shape index (κ2) is 16.8. The van der Waals surface area contributed by atoms with Gasteiger partial charge >= 0.3 is 0 Å². The molecule has 0 aliphatic rings. The fraction of sp³-hybridized carbons (Fsp3) is 1.00. The monoisotopic (exact) mass is 267 g/mol. The van der Waals surface area contributed by atoms with Crippen LogP contribution in [0, 0.1) is 0 Å². The summed E-state index contributed by atoms with van der Waals surface area (Å²) in [6, 6.07) is 0. The Morgan fingerprint density at radius 3 is 1.28 bits per heavy atom. The smallest absolute Gasteiger partial charge is 0.0701 e. The van der Waals surface area contributed by atoms with E-state index >= 15 is 0 Å². The van der Waals surface area contributed by atoms with Crippen LogP contribution in [0.25, 0.3) is 0 Å². The molecule has 2 N–H and O–H groups in total. The molecule has 0 aliphatic heterocycles. The van der Waals surface area contributed by atoms with E-state index in [1.807, 2.05) is 6.92 Å². The first-order chi connectivity index (χ1) is 8.91. The van der Waals surface area contributed by atoms with Gasteiger partial charge in [-0.1, -0.05) is 0 Å². The fourth-order valence-electron chi connectivity index (χ4n) is 1.11. The third-order valence-electron chi connectivity index (χ3n) is 1.95. The van der Waals surface area contributed by atoms with E-state index < -0.39 is 0 Å². The lowest BCUT2D eigenvalue weighted by atomic mass is 10.7. The highest BCUT2D eigenvalue weighted by atomic mass is 16.6. The summed E-state index contributed by atoms with van der Waals surface area (Å²) < 4.78 is 26.2. The van der Waals surface area contributed by atoms with Gasteiger partial charge in [-0.3, -0.25) is 0 Å². The van der Waals surface area contributed by atoms with Gasteiger partial charge in [-0.15, -0.1) is 0 Å². The number of ether oxygens (including phenoxy) is 5. The van der Waals surface area contributed by atoms with Gasteiger partial charge < -0.3 is 29.4 Å². The molecule has 0 rings (SSSR count). The van der Waals surface area contributed by atoms with E-state index in [9.17, 15) is 0 Å². The maximum atomic E-state index is 5.32. The van der Waals surface area contributed by atoms with E-state index in [1.165, 1.54) is 0 Å². The first-order valence-electron chi connectivity index (χ1n) is 6.50. The minimum atomic E-state index is 0. The summed E-state index contributed by atoms with van der Waals surface area (Å²) in [6.07, 6.45) is 0. The zero-order valence-electron chi connectivity index (χ0n) is 11.4. The molecule has 18 heavy (non-hydrogen) atoms. The Kier molecular flexibility index (Phi) is 16.5. The number of rotatable bonds is 15. The van der Waals surface area contributed by atoms with Gasteiger partial charge in [0.2, 0.25) is 0 Å². The predicted molar refractivity (Wildman–Crippen MR) is 70.9 cm³/mol. The second-order valence-electron chi connectivity index (χ2n) is 3.44. The van der Waals surface area contributed by atoms with Crippen molar-refractivity contribution in [1.29, 1.82) is 0 Å². The summed E-state index contributed by atoms with van der Waals surface area (Å²) >= 11 is 0. The van der Waals surface area contributed by atoms with Crippen LogP contribution in [0.15, 0.2) is 0 Å². The molecule has 0 aromatic carbocycles. The average molecular weight is 267 g/mol. The van der Waals surface area contributed by atoms with E-state index in [0.717, 1.165) is 6.61 Å². The second-order valence-corrected chi connectivity index (χ2v) is 3.44. The minimum Gasteiger partial charge on any atom is -0.379 e. The number of nitrogens with two attached hydrogens (primary N) is 1. The molecule has 0 radical (unpaired) electrons. The van der Waals surface area contributed by atoms with Crippen molar-refractivity contribution in [2.75, 3.05) is 72.6 Å². The largest absolute Gasteiger partial charge is 0.379 e. The molecule has 0 aromatic rings. The molecule has 0 aromatic heterocycles. The molecule has 6 nitrogen and oxygen atoms in total. The molecule has 0 aliphatic carbocycles. The molecule has 112 valence electrons. The SMILES string of the molecule is CCOCCOCCOCCOCCOCCN.[HH]. The molecule has 0 atom stereocenters. The Morgan fingerprint density at radius 1 is 0.611 bits per heavy atom. The van der Waals surface area contributed by atoms with Gasteiger partial charge in [0.25, 0.3) is 0 Å². The van der Waals surface area contributed by atoms with E-state index in [4.69, 9.17) is 29.4 Å². The van der Waals surface area contributed by atoms with Gasteiger partial charge in [0.1, 0.15) is 0 Å². The topological polar surface area (TPSA) is 72.2 Å². The molecule has 6 heteroatoms. The van der Waals surface area contributed by atoms with Crippen LogP contribution in [0.5, 0.6) is 0 Å². The van der Waals surface area contributed by atoms with E-state index in [0.29, 0.717) is 66.0 Å². The first-order valence-corrected chi connectivity index (χ1v) is 6.50. The van der Waals surface area contributed by atoms with Gasteiger partial charge in [0.15, 0.2) is 0 Å². The van der Waals surface area contributed by atoms with Gasteiger partial charge in [0.05, 0.1) is 59.5 Å². The number of hydrogen-bond acceptors (Lipinski definition) is 6. The molecular formula is C12H29NO5. The van der Waals surface area contributed by atoms with Crippen molar-refractivity contribution >= 4 is 0 Å². The summed E-state index contributed by atoms with van der Waals surface area (Å²) in [5, 5.41) is 0. The van der Waals surface area contributed by atoms with Gasteiger partial charge in [-0.25, -0.2) is 0 Å². The lowest BCUT2D eigenvalue weighted by Gasteiger charge is -2.07. The Balaban J connectivity index is 0. The highest BCUT2D eigenvalue weighted by molar-refractivity contribution is 4.36. The Bertz CT molecular complexity index is 138. The van der Waals surface area contributed by atoms with Gasteiger partial charge in [-0.2, -0.15) is 0 Å². The predicted octanol–water partition coefficient (Wildman–Crippen LogP) is 0.294. The van der Waals surface area contributed by atoms with Crippen LogP contribution in [0.1, 0.15) is 8.35 Å². The molecule has 0 bridgehead atoms. The van der Waals surface area contributed by atoms with Crippen molar-refractivity contribution in [1.82, 2.24) is 0 Å². The Labute approximate surface area is 111 Å². The van der Waals surface area contributed by atoms with Crippen LogP contribution < -0.4 is 5.73 Å². The van der Waals surface area contributed by atoms with Crippen LogP contribution in [0.2, 0.25) is 0 Å². The standard InChI is InChI=1S/C12H27NO5.H2/c1-2-14-5-6-16-9-10-18-12-11-17-8-7-15-4-3-13;/h2-13H2,1H3;1H. The Hall–Kier alpha value is -0.240. The molecule has 0 fully saturated rings. The van der Waals surface area contributed by atoms with Crippen LogP contribution in [-0.4, -0.2) is 72.6 Å². The fourth-order valence-corrected chi connectivity index (χ4v) is 1.11. The number of hydrogen-bond donors (Lipinski definition) is 1.